The average molecular weight is 344 g/mol. The Morgan fingerprint density at radius 1 is 0.917 bits per heavy atom. The van der Waals surface area contributed by atoms with Gasteiger partial charge in [-0.1, -0.05) is 48.5 Å². The van der Waals surface area contributed by atoms with E-state index in [-0.39, 0.29) is 12.4 Å². The first-order valence-corrected chi connectivity index (χ1v) is 8.66. The summed E-state index contributed by atoms with van der Waals surface area (Å²) in [4.78, 5) is 2.18. The fraction of sp³-hybridized carbons (Fsp3) is 0.429. The molecule has 3 aliphatic rings. The number of benzene rings is 2. The molecule has 1 unspecified atom stereocenters. The Bertz CT molecular complexity index is 652. The lowest BCUT2D eigenvalue weighted by molar-refractivity contribution is 0.0728. The van der Waals surface area contributed by atoms with Gasteiger partial charge in [-0.15, -0.1) is 12.4 Å². The van der Waals surface area contributed by atoms with E-state index in [1.807, 2.05) is 0 Å². The third kappa shape index (κ3) is 2.99. The average Bonchev–Trinajstić information content (AvgIpc) is 2.59. The predicted octanol–water partition coefficient (Wildman–Crippen LogP) is 4.28. The van der Waals surface area contributed by atoms with Crippen LogP contribution in [-0.2, 0) is 4.74 Å². The largest absolute Gasteiger partial charge is 0.380 e. The summed E-state index contributed by atoms with van der Waals surface area (Å²) in [6.07, 6.45) is 1.22. The van der Waals surface area contributed by atoms with E-state index in [4.69, 9.17) is 4.74 Å². The van der Waals surface area contributed by atoms with Gasteiger partial charge in [-0.05, 0) is 48.7 Å². The lowest BCUT2D eigenvalue weighted by atomic mass is 9.59. The summed E-state index contributed by atoms with van der Waals surface area (Å²) >= 11 is 0. The number of hydrogen-bond acceptors (Lipinski definition) is 2. The van der Waals surface area contributed by atoms with Crippen molar-refractivity contribution in [2.75, 3.05) is 33.9 Å². The molecule has 0 saturated heterocycles. The quantitative estimate of drug-likeness (QED) is 0.751. The number of hydrogen-bond donors (Lipinski definition) is 0. The van der Waals surface area contributed by atoms with Crippen LogP contribution < -0.4 is 0 Å². The van der Waals surface area contributed by atoms with Crippen molar-refractivity contribution in [3.8, 4) is 0 Å². The minimum absolute atomic E-state index is 0. The van der Waals surface area contributed by atoms with Crippen LogP contribution in [0.2, 0.25) is 0 Å². The molecular formula is C21H26ClNO. The number of nitrogens with zero attached hydrogens (tertiary/aromatic N) is 1. The zero-order valence-electron chi connectivity index (χ0n) is 14.4. The second-order valence-electron chi connectivity index (χ2n) is 7.16. The van der Waals surface area contributed by atoms with Crippen molar-refractivity contribution >= 4 is 12.4 Å². The van der Waals surface area contributed by atoms with E-state index in [1.165, 1.54) is 17.5 Å². The van der Waals surface area contributed by atoms with Gasteiger partial charge >= 0.3 is 0 Å². The molecule has 1 atom stereocenters. The van der Waals surface area contributed by atoms with Crippen molar-refractivity contribution in [2.24, 2.45) is 5.92 Å². The highest BCUT2D eigenvalue weighted by atomic mass is 35.5. The molecule has 24 heavy (non-hydrogen) atoms. The van der Waals surface area contributed by atoms with Gasteiger partial charge in [-0.3, -0.25) is 0 Å². The molecule has 0 spiro atoms. The molecule has 0 radical (unpaired) electrons. The van der Waals surface area contributed by atoms with E-state index >= 15 is 0 Å². The standard InChI is InChI=1S/C21H25NO.ClH/c1-22(2)11-12-23-14-15-13-20-16-7-3-5-9-18(16)21(15)19-10-6-4-8-17(19)20;/h3-10,15,20-21H,11-14H2,1-2H3;1H. The zero-order chi connectivity index (χ0) is 15.8. The molecule has 0 amide bonds. The third-order valence-electron chi connectivity index (χ3n) is 5.44. The molecule has 0 heterocycles. The first kappa shape index (κ1) is 17.5. The van der Waals surface area contributed by atoms with E-state index in [1.54, 1.807) is 11.1 Å². The molecule has 128 valence electrons. The summed E-state index contributed by atoms with van der Waals surface area (Å²) < 4.78 is 6.02. The van der Waals surface area contributed by atoms with Crippen LogP contribution in [0.1, 0.15) is 40.5 Å². The lowest BCUT2D eigenvalue weighted by Gasteiger charge is -2.45. The van der Waals surface area contributed by atoms with Gasteiger partial charge in [0.25, 0.3) is 0 Å². The van der Waals surface area contributed by atoms with Crippen molar-refractivity contribution < 1.29 is 4.74 Å². The summed E-state index contributed by atoms with van der Waals surface area (Å²) in [6, 6.07) is 18.1. The predicted molar refractivity (Wildman–Crippen MR) is 101 cm³/mol. The molecule has 3 heteroatoms. The molecule has 2 bridgehead atoms. The van der Waals surface area contributed by atoms with Gasteiger partial charge in [-0.2, -0.15) is 0 Å². The van der Waals surface area contributed by atoms with Crippen LogP contribution in [0.4, 0.5) is 0 Å². The van der Waals surface area contributed by atoms with Crippen LogP contribution in [0.25, 0.3) is 0 Å². The molecule has 3 aliphatic carbocycles. The SMILES string of the molecule is CN(C)CCOCC1CC2c3ccccc3C1c1ccccc12.Cl. The number of likely N-dealkylation sites (N-methyl/N-ethyl adjacent to an activating group) is 1. The summed E-state index contributed by atoms with van der Waals surface area (Å²) in [6.45, 7) is 2.69. The summed E-state index contributed by atoms with van der Waals surface area (Å²) in [5.74, 6) is 1.66. The molecule has 0 saturated carbocycles. The number of ether oxygens (including phenoxy) is 1. The van der Waals surface area contributed by atoms with Crippen LogP contribution in [0.15, 0.2) is 48.5 Å². The molecule has 5 rings (SSSR count). The third-order valence-corrected chi connectivity index (χ3v) is 5.44. The van der Waals surface area contributed by atoms with Crippen molar-refractivity contribution in [2.45, 2.75) is 18.3 Å². The Morgan fingerprint density at radius 3 is 2.00 bits per heavy atom. The Hall–Kier alpha value is -1.35. The first-order chi connectivity index (χ1) is 11.3. The smallest absolute Gasteiger partial charge is 0.0593 e. The maximum atomic E-state index is 6.02. The Kier molecular flexibility index (Phi) is 5.29. The summed E-state index contributed by atoms with van der Waals surface area (Å²) in [7, 11) is 4.19. The first-order valence-electron chi connectivity index (χ1n) is 8.66. The van der Waals surface area contributed by atoms with E-state index in [2.05, 4.69) is 67.5 Å². The highest BCUT2D eigenvalue weighted by Gasteiger charge is 2.42. The van der Waals surface area contributed by atoms with Gasteiger partial charge in [0, 0.05) is 18.4 Å². The van der Waals surface area contributed by atoms with E-state index < -0.39 is 0 Å². The number of rotatable bonds is 5. The van der Waals surface area contributed by atoms with Crippen LogP contribution in [0.5, 0.6) is 0 Å². The number of halogens is 1. The van der Waals surface area contributed by atoms with Gasteiger partial charge in [0.05, 0.1) is 13.2 Å². The highest BCUT2D eigenvalue weighted by molar-refractivity contribution is 5.85. The molecule has 0 N–H and O–H groups in total. The summed E-state index contributed by atoms with van der Waals surface area (Å²) in [5.41, 5.74) is 6.15. The van der Waals surface area contributed by atoms with Gasteiger partial charge in [0.2, 0.25) is 0 Å². The molecule has 2 aromatic carbocycles. The molecule has 2 nitrogen and oxygen atoms in total. The van der Waals surface area contributed by atoms with Crippen LogP contribution in [0, 0.1) is 5.92 Å². The van der Waals surface area contributed by atoms with Gasteiger partial charge in [0.15, 0.2) is 0 Å². The molecule has 2 aromatic rings. The second kappa shape index (κ2) is 7.26. The van der Waals surface area contributed by atoms with Crippen LogP contribution in [0.3, 0.4) is 0 Å². The normalized spacial score (nSPS) is 23.5. The van der Waals surface area contributed by atoms with Crippen molar-refractivity contribution in [1.29, 1.82) is 0 Å². The van der Waals surface area contributed by atoms with E-state index in [9.17, 15) is 0 Å². The maximum Gasteiger partial charge on any atom is 0.0593 e. The number of fused-ring (bicyclic) bond motifs is 1. The molecular weight excluding hydrogens is 318 g/mol. The minimum atomic E-state index is 0. The van der Waals surface area contributed by atoms with Crippen LogP contribution >= 0.6 is 12.4 Å². The molecule has 0 aromatic heterocycles. The fourth-order valence-corrected chi connectivity index (χ4v) is 4.40. The maximum absolute atomic E-state index is 6.02. The second-order valence-corrected chi connectivity index (χ2v) is 7.16. The topological polar surface area (TPSA) is 12.5 Å². The van der Waals surface area contributed by atoms with Gasteiger partial charge < -0.3 is 9.64 Å². The van der Waals surface area contributed by atoms with E-state index in [0.29, 0.717) is 17.8 Å². The van der Waals surface area contributed by atoms with Crippen molar-refractivity contribution in [1.82, 2.24) is 4.90 Å². The highest BCUT2D eigenvalue weighted by Crippen LogP contribution is 2.55. The van der Waals surface area contributed by atoms with Gasteiger partial charge in [-0.25, -0.2) is 0 Å². The fourth-order valence-electron chi connectivity index (χ4n) is 4.40. The summed E-state index contributed by atoms with van der Waals surface area (Å²) in [5, 5.41) is 0. The monoisotopic (exact) mass is 343 g/mol. The molecule has 0 fully saturated rings. The minimum Gasteiger partial charge on any atom is -0.380 e. The van der Waals surface area contributed by atoms with Crippen LogP contribution in [-0.4, -0.2) is 38.8 Å². The van der Waals surface area contributed by atoms with Gasteiger partial charge in [0.1, 0.15) is 0 Å². The Balaban J connectivity index is 0.00000169. The molecule has 0 aliphatic heterocycles. The lowest BCUT2D eigenvalue weighted by Crippen LogP contribution is -2.34. The van der Waals surface area contributed by atoms with Crippen molar-refractivity contribution in [3.63, 3.8) is 0 Å². The Labute approximate surface area is 151 Å². The zero-order valence-corrected chi connectivity index (χ0v) is 15.3. The van der Waals surface area contributed by atoms with E-state index in [0.717, 1.165) is 19.8 Å². The van der Waals surface area contributed by atoms with Crippen molar-refractivity contribution in [3.05, 3.63) is 70.8 Å². The Morgan fingerprint density at radius 2 is 1.46 bits per heavy atom.